The summed E-state index contributed by atoms with van der Waals surface area (Å²) in [5.74, 6) is 0.597. The van der Waals surface area contributed by atoms with Crippen molar-refractivity contribution < 1.29 is 9.59 Å². The fourth-order valence-corrected chi connectivity index (χ4v) is 2.81. The van der Waals surface area contributed by atoms with Crippen LogP contribution in [0.1, 0.15) is 51.4 Å². The molecule has 6 nitrogen and oxygen atoms in total. The summed E-state index contributed by atoms with van der Waals surface area (Å²) in [5.41, 5.74) is 10.7. The first kappa shape index (κ1) is 20.0. The molecule has 0 aromatic heterocycles. The van der Waals surface area contributed by atoms with Gasteiger partial charge < -0.3 is 22.1 Å². The van der Waals surface area contributed by atoms with Crippen molar-refractivity contribution in [3.05, 3.63) is 0 Å². The van der Waals surface area contributed by atoms with Crippen molar-refractivity contribution in [3.8, 4) is 0 Å². The highest BCUT2D eigenvalue weighted by Crippen LogP contribution is 2.26. The monoisotopic (exact) mass is 320 g/mol. The Morgan fingerprint density at radius 3 is 2.38 bits per heavy atom. The Kier molecular flexibility index (Phi) is 11.1. The van der Waals surface area contributed by atoms with E-state index in [1.807, 2.05) is 0 Å². The topological polar surface area (TPSA) is 110 Å². The number of carbonyl (C=O) groups excluding carboxylic acids is 2. The average Bonchev–Trinajstić information content (AvgIpc) is 2.45. The normalized spacial score (nSPS) is 16.6. The Bertz CT molecular complexity index is 309. The second-order valence-corrected chi connectivity index (χ2v) is 5.56. The van der Waals surface area contributed by atoms with Gasteiger partial charge in [0.15, 0.2) is 0 Å². The SMILES string of the molecule is Cl.NCC(NC(=O)CCCCNC(N)=O)C1CCCCC1. The van der Waals surface area contributed by atoms with E-state index in [2.05, 4.69) is 10.6 Å². The van der Waals surface area contributed by atoms with Gasteiger partial charge in [0.05, 0.1) is 0 Å². The van der Waals surface area contributed by atoms with Gasteiger partial charge in [-0.1, -0.05) is 19.3 Å². The highest BCUT2D eigenvalue weighted by Gasteiger charge is 2.23. The molecule has 0 saturated heterocycles. The molecule has 1 saturated carbocycles. The second-order valence-electron chi connectivity index (χ2n) is 5.56. The van der Waals surface area contributed by atoms with Crippen molar-refractivity contribution in [2.45, 2.75) is 57.4 Å². The Labute approximate surface area is 133 Å². The molecule has 3 amide bonds. The minimum atomic E-state index is -0.519. The maximum Gasteiger partial charge on any atom is 0.312 e. The molecule has 0 aliphatic heterocycles. The second kappa shape index (κ2) is 11.6. The van der Waals surface area contributed by atoms with Crippen molar-refractivity contribution >= 4 is 24.3 Å². The number of carbonyl (C=O) groups is 2. The van der Waals surface area contributed by atoms with Crippen LogP contribution in [0.2, 0.25) is 0 Å². The lowest BCUT2D eigenvalue weighted by Gasteiger charge is -2.30. The van der Waals surface area contributed by atoms with Crippen molar-refractivity contribution in [1.29, 1.82) is 0 Å². The first-order valence-electron chi connectivity index (χ1n) is 7.66. The summed E-state index contributed by atoms with van der Waals surface area (Å²) in [7, 11) is 0. The van der Waals surface area contributed by atoms with Crippen LogP contribution < -0.4 is 22.1 Å². The van der Waals surface area contributed by atoms with Crippen LogP contribution >= 0.6 is 12.4 Å². The first-order valence-corrected chi connectivity index (χ1v) is 7.66. The van der Waals surface area contributed by atoms with Gasteiger partial charge in [0.1, 0.15) is 0 Å². The summed E-state index contributed by atoms with van der Waals surface area (Å²) in [6.07, 6.45) is 8.11. The van der Waals surface area contributed by atoms with E-state index in [9.17, 15) is 9.59 Å². The number of nitrogens with one attached hydrogen (secondary N) is 2. The van der Waals surface area contributed by atoms with E-state index in [1.54, 1.807) is 0 Å². The molecule has 1 fully saturated rings. The predicted molar refractivity (Wildman–Crippen MR) is 86.2 cm³/mol. The lowest BCUT2D eigenvalue weighted by molar-refractivity contribution is -0.122. The van der Waals surface area contributed by atoms with Crippen molar-refractivity contribution in [3.63, 3.8) is 0 Å². The number of urea groups is 1. The molecule has 1 aliphatic carbocycles. The Hall–Kier alpha value is -1.01. The van der Waals surface area contributed by atoms with Gasteiger partial charge in [-0.3, -0.25) is 4.79 Å². The molecule has 0 aromatic carbocycles. The van der Waals surface area contributed by atoms with Crippen molar-refractivity contribution in [2.24, 2.45) is 17.4 Å². The van der Waals surface area contributed by atoms with E-state index in [0.717, 1.165) is 12.8 Å². The number of rotatable bonds is 8. The number of primary amides is 1. The molecular formula is C14H29ClN4O2. The van der Waals surface area contributed by atoms with E-state index in [1.165, 1.54) is 32.1 Å². The molecule has 0 radical (unpaired) electrons. The molecule has 0 spiro atoms. The first-order chi connectivity index (χ1) is 9.63. The van der Waals surface area contributed by atoms with Gasteiger partial charge in [-0.2, -0.15) is 0 Å². The zero-order valence-corrected chi connectivity index (χ0v) is 13.4. The summed E-state index contributed by atoms with van der Waals surface area (Å²) in [6, 6.07) is -0.401. The number of halogens is 1. The minimum absolute atomic E-state index is 0. The fraction of sp³-hybridized carbons (Fsp3) is 0.857. The van der Waals surface area contributed by atoms with Crippen LogP contribution in [0.15, 0.2) is 0 Å². The molecule has 21 heavy (non-hydrogen) atoms. The minimum Gasteiger partial charge on any atom is -0.352 e. The van der Waals surface area contributed by atoms with Gasteiger partial charge >= 0.3 is 6.03 Å². The van der Waals surface area contributed by atoms with Crippen molar-refractivity contribution in [2.75, 3.05) is 13.1 Å². The highest BCUT2D eigenvalue weighted by atomic mass is 35.5. The number of hydrogen-bond donors (Lipinski definition) is 4. The number of hydrogen-bond acceptors (Lipinski definition) is 3. The molecule has 1 rings (SSSR count). The summed E-state index contributed by atoms with van der Waals surface area (Å²) in [4.78, 5) is 22.3. The maximum absolute atomic E-state index is 11.9. The van der Waals surface area contributed by atoms with Crippen LogP contribution in [0, 0.1) is 5.92 Å². The Morgan fingerprint density at radius 1 is 1.14 bits per heavy atom. The molecule has 0 heterocycles. The van der Waals surface area contributed by atoms with Gasteiger partial charge in [0.2, 0.25) is 5.91 Å². The van der Waals surface area contributed by atoms with Crippen LogP contribution in [0.5, 0.6) is 0 Å². The fourth-order valence-electron chi connectivity index (χ4n) is 2.81. The Balaban J connectivity index is 0.00000400. The summed E-state index contributed by atoms with van der Waals surface area (Å²) >= 11 is 0. The van der Waals surface area contributed by atoms with Gasteiger partial charge in [0, 0.05) is 25.6 Å². The molecule has 7 heteroatoms. The number of amides is 3. The van der Waals surface area contributed by atoms with Gasteiger partial charge in [-0.15, -0.1) is 12.4 Å². The molecule has 0 aromatic rings. The van der Waals surface area contributed by atoms with Gasteiger partial charge in [-0.25, -0.2) is 4.79 Å². The molecule has 1 atom stereocenters. The number of unbranched alkanes of at least 4 members (excludes halogenated alkanes) is 1. The third kappa shape index (κ3) is 8.78. The standard InChI is InChI=1S/C14H28N4O2.ClH/c15-10-12(11-6-2-1-3-7-11)18-13(19)8-4-5-9-17-14(16)20;/h11-12H,1-10,15H2,(H,18,19)(H3,16,17,20);1H. The molecule has 0 bridgehead atoms. The third-order valence-electron chi connectivity index (χ3n) is 3.95. The zero-order chi connectivity index (χ0) is 14.8. The predicted octanol–water partition coefficient (Wildman–Crippen LogP) is 1.27. The smallest absolute Gasteiger partial charge is 0.312 e. The molecule has 1 unspecified atom stereocenters. The largest absolute Gasteiger partial charge is 0.352 e. The molecule has 124 valence electrons. The number of nitrogens with two attached hydrogens (primary N) is 2. The quantitative estimate of drug-likeness (QED) is 0.505. The summed E-state index contributed by atoms with van der Waals surface area (Å²) < 4.78 is 0. The van der Waals surface area contributed by atoms with Crippen molar-refractivity contribution in [1.82, 2.24) is 10.6 Å². The lowest BCUT2D eigenvalue weighted by atomic mass is 9.84. The van der Waals surface area contributed by atoms with Gasteiger partial charge in [0.25, 0.3) is 0 Å². The molecular weight excluding hydrogens is 292 g/mol. The van der Waals surface area contributed by atoms with Crippen LogP contribution in [0.3, 0.4) is 0 Å². The Morgan fingerprint density at radius 2 is 1.81 bits per heavy atom. The molecule has 6 N–H and O–H groups in total. The maximum atomic E-state index is 11.9. The summed E-state index contributed by atoms with van der Waals surface area (Å²) in [5, 5.41) is 5.57. The third-order valence-corrected chi connectivity index (χ3v) is 3.95. The summed E-state index contributed by atoms with van der Waals surface area (Å²) in [6.45, 7) is 1.03. The van der Waals surface area contributed by atoms with E-state index in [0.29, 0.717) is 25.4 Å². The van der Waals surface area contributed by atoms with Gasteiger partial charge in [-0.05, 0) is 31.6 Å². The highest BCUT2D eigenvalue weighted by molar-refractivity contribution is 5.85. The van der Waals surface area contributed by atoms with E-state index in [4.69, 9.17) is 11.5 Å². The van der Waals surface area contributed by atoms with Crippen LogP contribution in [0.4, 0.5) is 4.79 Å². The van der Waals surface area contributed by atoms with E-state index >= 15 is 0 Å². The average molecular weight is 321 g/mol. The van der Waals surface area contributed by atoms with E-state index < -0.39 is 6.03 Å². The van der Waals surface area contributed by atoms with Crippen LogP contribution in [-0.2, 0) is 4.79 Å². The van der Waals surface area contributed by atoms with Crippen LogP contribution in [0.25, 0.3) is 0 Å². The van der Waals surface area contributed by atoms with Crippen LogP contribution in [-0.4, -0.2) is 31.1 Å². The lowest BCUT2D eigenvalue weighted by Crippen LogP contribution is -2.45. The zero-order valence-electron chi connectivity index (χ0n) is 12.6. The van der Waals surface area contributed by atoms with E-state index in [-0.39, 0.29) is 24.4 Å². The molecule has 1 aliphatic rings.